The number of carbonyl (C=O) groups excluding carboxylic acids is 3. The number of ether oxygens (including phenoxy) is 1. The average molecular weight is 348 g/mol. The van der Waals surface area contributed by atoms with Gasteiger partial charge in [0.2, 0.25) is 0 Å². The van der Waals surface area contributed by atoms with Gasteiger partial charge in [-0.3, -0.25) is 10.1 Å². The highest BCUT2D eigenvalue weighted by atomic mass is 16.5. The first kappa shape index (κ1) is 18.8. The summed E-state index contributed by atoms with van der Waals surface area (Å²) < 4.78 is 5.04. The highest BCUT2D eigenvalue weighted by Gasteiger charge is 2.23. The second-order valence-electron chi connectivity index (χ2n) is 6.35. The van der Waals surface area contributed by atoms with Crippen molar-refractivity contribution in [3.63, 3.8) is 0 Å². The van der Waals surface area contributed by atoms with Gasteiger partial charge in [0.1, 0.15) is 5.75 Å². The average Bonchev–Trinajstić information content (AvgIpc) is 2.57. The van der Waals surface area contributed by atoms with Crippen molar-refractivity contribution in [2.75, 3.05) is 0 Å². The smallest absolute Gasteiger partial charge is 0.339 e. The summed E-state index contributed by atoms with van der Waals surface area (Å²) in [4.78, 5) is 35.8. The molecule has 1 aliphatic carbocycles. The summed E-state index contributed by atoms with van der Waals surface area (Å²) in [5.41, 5.74) is 0.760. The molecule has 0 heterocycles. The van der Waals surface area contributed by atoms with E-state index in [0.717, 1.165) is 25.7 Å². The minimum Gasteiger partial charge on any atom is -0.508 e. The van der Waals surface area contributed by atoms with Gasteiger partial charge in [0.25, 0.3) is 5.91 Å². The highest BCUT2D eigenvalue weighted by Crippen LogP contribution is 2.19. The summed E-state index contributed by atoms with van der Waals surface area (Å²) in [5, 5.41) is 14.6. The molecule has 0 aliphatic heterocycles. The van der Waals surface area contributed by atoms with Crippen LogP contribution in [-0.2, 0) is 9.53 Å². The molecule has 2 rings (SSSR count). The fraction of sp³-hybridized carbons (Fsp3) is 0.500. The van der Waals surface area contributed by atoms with Crippen LogP contribution in [0, 0.1) is 6.92 Å². The Morgan fingerprint density at radius 1 is 1.20 bits per heavy atom. The van der Waals surface area contributed by atoms with Crippen molar-refractivity contribution in [2.24, 2.45) is 0 Å². The Hall–Kier alpha value is -2.57. The molecule has 3 amide bonds. The molecule has 0 saturated heterocycles. The Kier molecular flexibility index (Phi) is 6.38. The van der Waals surface area contributed by atoms with Gasteiger partial charge >= 0.3 is 12.0 Å². The van der Waals surface area contributed by atoms with Gasteiger partial charge in [-0.15, -0.1) is 0 Å². The Morgan fingerprint density at radius 2 is 1.88 bits per heavy atom. The quantitative estimate of drug-likeness (QED) is 0.725. The summed E-state index contributed by atoms with van der Waals surface area (Å²) in [6.45, 7) is 3.08. The van der Waals surface area contributed by atoms with E-state index < -0.39 is 24.0 Å². The lowest BCUT2D eigenvalue weighted by atomic mass is 9.96. The molecule has 0 radical (unpaired) electrons. The fourth-order valence-electron chi connectivity index (χ4n) is 2.70. The molecular formula is C18H24N2O5. The summed E-state index contributed by atoms with van der Waals surface area (Å²) in [5.74, 6) is -1.47. The summed E-state index contributed by atoms with van der Waals surface area (Å²) >= 11 is 0. The minimum atomic E-state index is -1.13. The first-order valence-corrected chi connectivity index (χ1v) is 8.49. The molecule has 1 atom stereocenters. The molecule has 0 aromatic heterocycles. The fourth-order valence-corrected chi connectivity index (χ4v) is 2.70. The summed E-state index contributed by atoms with van der Waals surface area (Å²) in [7, 11) is 0. The Balaban J connectivity index is 1.83. The van der Waals surface area contributed by atoms with Crippen LogP contribution in [0.4, 0.5) is 4.79 Å². The SMILES string of the molecule is Cc1ccc(C(=O)O[C@H](C)C(=O)NC(=O)NC2CCCCC2)cc1O. The van der Waals surface area contributed by atoms with Crippen LogP contribution in [0.1, 0.15) is 54.9 Å². The summed E-state index contributed by atoms with van der Waals surface area (Å²) in [6.07, 6.45) is 3.98. The number of aromatic hydroxyl groups is 1. The van der Waals surface area contributed by atoms with Gasteiger partial charge in [0, 0.05) is 6.04 Å². The van der Waals surface area contributed by atoms with Crippen LogP contribution < -0.4 is 10.6 Å². The molecule has 1 aromatic carbocycles. The monoisotopic (exact) mass is 348 g/mol. The van der Waals surface area contributed by atoms with E-state index >= 15 is 0 Å². The van der Waals surface area contributed by atoms with E-state index in [0.29, 0.717) is 5.56 Å². The maximum Gasteiger partial charge on any atom is 0.339 e. The van der Waals surface area contributed by atoms with E-state index in [1.54, 1.807) is 13.0 Å². The molecule has 1 aliphatic rings. The van der Waals surface area contributed by atoms with Gasteiger partial charge in [-0.05, 0) is 44.4 Å². The van der Waals surface area contributed by atoms with Crippen LogP contribution in [0.2, 0.25) is 0 Å². The van der Waals surface area contributed by atoms with Crippen molar-refractivity contribution >= 4 is 17.9 Å². The standard InChI is InChI=1S/C18H24N2O5/c1-11-8-9-13(10-15(11)21)17(23)25-12(2)16(22)20-18(24)19-14-6-4-3-5-7-14/h8-10,12,14,21H,3-7H2,1-2H3,(H2,19,20,22,24)/t12-/m1/s1. The number of amides is 3. The molecule has 7 nitrogen and oxygen atoms in total. The maximum atomic E-state index is 12.0. The molecule has 136 valence electrons. The van der Waals surface area contributed by atoms with E-state index in [-0.39, 0.29) is 17.4 Å². The number of phenolic OH excluding ortho intramolecular Hbond substituents is 1. The molecule has 1 aromatic rings. The Labute approximate surface area is 146 Å². The summed E-state index contributed by atoms with van der Waals surface area (Å²) in [6, 6.07) is 3.85. The van der Waals surface area contributed by atoms with E-state index in [1.165, 1.54) is 25.5 Å². The number of esters is 1. The Bertz CT molecular complexity index is 653. The number of urea groups is 1. The molecule has 0 spiro atoms. The lowest BCUT2D eigenvalue weighted by Gasteiger charge is -2.23. The zero-order valence-corrected chi connectivity index (χ0v) is 14.5. The van der Waals surface area contributed by atoms with Crippen LogP contribution in [0.3, 0.4) is 0 Å². The van der Waals surface area contributed by atoms with Crippen LogP contribution in [-0.4, -0.2) is 35.2 Å². The number of aryl methyl sites for hydroxylation is 1. The zero-order valence-electron chi connectivity index (χ0n) is 14.5. The second-order valence-corrected chi connectivity index (χ2v) is 6.35. The number of nitrogens with one attached hydrogen (secondary N) is 2. The first-order chi connectivity index (χ1) is 11.9. The van der Waals surface area contributed by atoms with E-state index in [2.05, 4.69) is 10.6 Å². The predicted molar refractivity (Wildman–Crippen MR) is 91.3 cm³/mol. The second kappa shape index (κ2) is 8.50. The topological polar surface area (TPSA) is 105 Å². The van der Waals surface area contributed by atoms with Crippen molar-refractivity contribution in [3.8, 4) is 5.75 Å². The van der Waals surface area contributed by atoms with Crippen molar-refractivity contribution < 1.29 is 24.2 Å². The third-order valence-corrected chi connectivity index (χ3v) is 4.28. The number of benzene rings is 1. The molecule has 1 saturated carbocycles. The van der Waals surface area contributed by atoms with E-state index in [4.69, 9.17) is 4.74 Å². The number of imide groups is 1. The third kappa shape index (κ3) is 5.48. The largest absolute Gasteiger partial charge is 0.508 e. The minimum absolute atomic E-state index is 0.0292. The van der Waals surface area contributed by atoms with Crippen LogP contribution in [0.5, 0.6) is 5.75 Å². The third-order valence-electron chi connectivity index (χ3n) is 4.28. The van der Waals surface area contributed by atoms with E-state index in [1.807, 2.05) is 0 Å². The van der Waals surface area contributed by atoms with Gasteiger partial charge in [-0.2, -0.15) is 0 Å². The van der Waals surface area contributed by atoms with Crippen LogP contribution in [0.25, 0.3) is 0 Å². The molecule has 7 heteroatoms. The van der Waals surface area contributed by atoms with Gasteiger partial charge in [0.05, 0.1) is 5.56 Å². The number of hydrogen-bond acceptors (Lipinski definition) is 5. The van der Waals surface area contributed by atoms with Gasteiger partial charge in [0.15, 0.2) is 6.10 Å². The number of hydrogen-bond donors (Lipinski definition) is 3. The molecule has 3 N–H and O–H groups in total. The molecule has 0 bridgehead atoms. The molecule has 25 heavy (non-hydrogen) atoms. The molecule has 1 fully saturated rings. The highest BCUT2D eigenvalue weighted by molar-refractivity contribution is 5.98. The molecular weight excluding hydrogens is 324 g/mol. The zero-order chi connectivity index (χ0) is 18.4. The van der Waals surface area contributed by atoms with Crippen molar-refractivity contribution in [2.45, 2.75) is 58.1 Å². The predicted octanol–water partition coefficient (Wildman–Crippen LogP) is 2.40. The number of phenols is 1. The number of rotatable bonds is 4. The van der Waals surface area contributed by atoms with Crippen LogP contribution in [0.15, 0.2) is 18.2 Å². The maximum absolute atomic E-state index is 12.0. The molecule has 0 unspecified atom stereocenters. The van der Waals surface area contributed by atoms with Crippen molar-refractivity contribution in [1.82, 2.24) is 10.6 Å². The lowest BCUT2D eigenvalue weighted by molar-refractivity contribution is -0.127. The normalized spacial score (nSPS) is 15.9. The van der Waals surface area contributed by atoms with Crippen molar-refractivity contribution in [3.05, 3.63) is 29.3 Å². The van der Waals surface area contributed by atoms with Gasteiger partial charge < -0.3 is 15.2 Å². The lowest BCUT2D eigenvalue weighted by Crippen LogP contribution is -2.48. The van der Waals surface area contributed by atoms with Gasteiger partial charge in [-0.1, -0.05) is 25.3 Å². The number of carbonyl (C=O) groups is 3. The van der Waals surface area contributed by atoms with Crippen LogP contribution >= 0.6 is 0 Å². The van der Waals surface area contributed by atoms with Crippen molar-refractivity contribution in [1.29, 1.82) is 0 Å². The first-order valence-electron chi connectivity index (χ1n) is 8.49. The Morgan fingerprint density at radius 3 is 2.52 bits per heavy atom. The van der Waals surface area contributed by atoms with E-state index in [9.17, 15) is 19.5 Å². The van der Waals surface area contributed by atoms with Gasteiger partial charge in [-0.25, -0.2) is 9.59 Å².